The van der Waals surface area contributed by atoms with E-state index in [1.54, 1.807) is 31.4 Å². The zero-order valence-electron chi connectivity index (χ0n) is 16.2. The van der Waals surface area contributed by atoms with Crippen LogP contribution in [-0.2, 0) is 6.61 Å². The van der Waals surface area contributed by atoms with E-state index in [1.807, 2.05) is 32.0 Å². The van der Waals surface area contributed by atoms with Crippen LogP contribution in [0.5, 0.6) is 11.5 Å². The van der Waals surface area contributed by atoms with E-state index >= 15 is 0 Å². The van der Waals surface area contributed by atoms with Crippen molar-refractivity contribution in [3.8, 4) is 34.5 Å². The van der Waals surface area contributed by atoms with E-state index in [1.165, 1.54) is 0 Å². The molecule has 0 saturated carbocycles. The third kappa shape index (κ3) is 4.12. The molecule has 0 aliphatic heterocycles. The molecule has 4 rings (SSSR count). The monoisotopic (exact) mass is 410 g/mol. The van der Waals surface area contributed by atoms with Gasteiger partial charge in [0.05, 0.1) is 12.7 Å². The highest BCUT2D eigenvalue weighted by atomic mass is 35.5. The van der Waals surface area contributed by atoms with Gasteiger partial charge in [-0.2, -0.15) is 4.98 Å². The first kappa shape index (κ1) is 19.1. The van der Waals surface area contributed by atoms with E-state index in [-0.39, 0.29) is 5.89 Å². The van der Waals surface area contributed by atoms with Crippen molar-refractivity contribution in [1.82, 2.24) is 10.1 Å². The van der Waals surface area contributed by atoms with Crippen molar-refractivity contribution < 1.29 is 18.4 Å². The summed E-state index contributed by atoms with van der Waals surface area (Å²) in [4.78, 5) is 4.41. The van der Waals surface area contributed by atoms with Crippen LogP contribution in [0.3, 0.4) is 0 Å². The Labute approximate surface area is 173 Å². The summed E-state index contributed by atoms with van der Waals surface area (Å²) in [5, 5.41) is 4.57. The van der Waals surface area contributed by atoms with E-state index in [4.69, 9.17) is 30.0 Å². The largest absolute Gasteiger partial charge is 0.496 e. The van der Waals surface area contributed by atoms with Gasteiger partial charge in [-0.3, -0.25) is 0 Å². The van der Waals surface area contributed by atoms with Crippen LogP contribution in [0.25, 0.3) is 23.0 Å². The number of aromatic nitrogens is 2. The Morgan fingerprint density at radius 3 is 2.69 bits per heavy atom. The third-order valence-electron chi connectivity index (χ3n) is 4.41. The highest BCUT2D eigenvalue weighted by Gasteiger charge is 2.17. The predicted octanol–water partition coefficient (Wildman–Crippen LogP) is 5.85. The second kappa shape index (κ2) is 8.01. The van der Waals surface area contributed by atoms with Crippen LogP contribution in [0, 0.1) is 13.8 Å². The average molecular weight is 411 g/mol. The number of methoxy groups -OCH3 is 1. The first-order chi connectivity index (χ1) is 14.0. The smallest absolute Gasteiger partial charge is 0.293 e. The van der Waals surface area contributed by atoms with Gasteiger partial charge in [0, 0.05) is 5.02 Å². The molecule has 0 bridgehead atoms. The predicted molar refractivity (Wildman–Crippen MR) is 109 cm³/mol. The van der Waals surface area contributed by atoms with E-state index in [9.17, 15) is 0 Å². The molecule has 2 heterocycles. The van der Waals surface area contributed by atoms with Crippen molar-refractivity contribution in [1.29, 1.82) is 0 Å². The maximum Gasteiger partial charge on any atom is 0.293 e. The summed E-state index contributed by atoms with van der Waals surface area (Å²) in [6, 6.07) is 14.9. The Hall–Kier alpha value is -3.25. The molecule has 0 radical (unpaired) electrons. The Morgan fingerprint density at radius 2 is 1.86 bits per heavy atom. The lowest BCUT2D eigenvalue weighted by Crippen LogP contribution is -1.96. The molecule has 0 N–H and O–H groups in total. The minimum absolute atomic E-state index is 0.264. The molecule has 0 unspecified atom stereocenters. The molecule has 0 amide bonds. The second-order valence-electron chi connectivity index (χ2n) is 6.59. The van der Waals surface area contributed by atoms with Gasteiger partial charge in [-0.15, -0.1) is 0 Å². The van der Waals surface area contributed by atoms with Gasteiger partial charge in [-0.25, -0.2) is 0 Å². The summed E-state index contributed by atoms with van der Waals surface area (Å²) in [5.41, 5.74) is 2.85. The molecule has 2 aromatic carbocycles. The second-order valence-corrected chi connectivity index (χ2v) is 7.03. The summed E-state index contributed by atoms with van der Waals surface area (Å²) in [5.74, 6) is 3.18. The van der Waals surface area contributed by atoms with Gasteiger partial charge < -0.3 is 18.4 Å². The number of halogens is 1. The number of furan rings is 1. The quantitative estimate of drug-likeness (QED) is 0.396. The van der Waals surface area contributed by atoms with Crippen LogP contribution in [0.2, 0.25) is 5.02 Å². The van der Waals surface area contributed by atoms with Crippen molar-refractivity contribution in [2.75, 3.05) is 7.11 Å². The van der Waals surface area contributed by atoms with Crippen molar-refractivity contribution in [3.05, 3.63) is 70.4 Å². The van der Waals surface area contributed by atoms with Crippen LogP contribution in [0.4, 0.5) is 0 Å². The van der Waals surface area contributed by atoms with E-state index in [0.29, 0.717) is 40.3 Å². The van der Waals surface area contributed by atoms with Crippen LogP contribution in [-0.4, -0.2) is 17.3 Å². The van der Waals surface area contributed by atoms with Gasteiger partial charge in [0.25, 0.3) is 5.89 Å². The number of aryl methyl sites for hydroxylation is 2. The first-order valence-electron chi connectivity index (χ1n) is 9.00. The molecular formula is C22H19ClN2O4. The highest BCUT2D eigenvalue weighted by molar-refractivity contribution is 6.30. The fourth-order valence-corrected chi connectivity index (χ4v) is 3.04. The number of hydrogen-bond donors (Lipinski definition) is 0. The molecule has 0 spiro atoms. The average Bonchev–Trinajstić information content (AvgIpc) is 3.38. The number of nitrogens with zero attached hydrogens (tertiary/aromatic N) is 2. The lowest BCUT2D eigenvalue weighted by atomic mass is 10.1. The molecule has 0 aliphatic rings. The van der Waals surface area contributed by atoms with Crippen LogP contribution < -0.4 is 9.47 Å². The summed E-state index contributed by atoms with van der Waals surface area (Å²) < 4.78 is 22.4. The molecule has 4 aromatic rings. The number of benzene rings is 2. The van der Waals surface area contributed by atoms with Crippen molar-refractivity contribution >= 4 is 11.6 Å². The zero-order chi connectivity index (χ0) is 20.4. The molecular weight excluding hydrogens is 392 g/mol. The minimum atomic E-state index is 0.264. The Morgan fingerprint density at radius 1 is 1.00 bits per heavy atom. The van der Waals surface area contributed by atoms with E-state index in [2.05, 4.69) is 16.2 Å². The molecule has 29 heavy (non-hydrogen) atoms. The van der Waals surface area contributed by atoms with Gasteiger partial charge in [-0.05, 0) is 61.4 Å². The van der Waals surface area contributed by atoms with Crippen molar-refractivity contribution in [2.24, 2.45) is 0 Å². The third-order valence-corrected chi connectivity index (χ3v) is 4.65. The number of ether oxygens (including phenoxy) is 2. The molecule has 7 heteroatoms. The standard InChI is InChI=1S/C22H19ClN2O4/c1-13-4-5-14(2)20(10-13)27-12-16-7-9-19(28-16)22-24-21(25-29-22)17-11-15(23)6-8-18(17)26-3/h4-11H,12H2,1-3H3. The van der Waals surface area contributed by atoms with Crippen LogP contribution in [0.1, 0.15) is 16.9 Å². The summed E-state index contributed by atoms with van der Waals surface area (Å²) in [6.45, 7) is 4.33. The van der Waals surface area contributed by atoms with Gasteiger partial charge in [0.1, 0.15) is 23.9 Å². The molecule has 6 nitrogen and oxygen atoms in total. The number of rotatable bonds is 6. The highest BCUT2D eigenvalue weighted by Crippen LogP contribution is 2.32. The fraction of sp³-hybridized carbons (Fsp3) is 0.182. The fourth-order valence-electron chi connectivity index (χ4n) is 2.87. The molecule has 0 fully saturated rings. The number of hydrogen-bond acceptors (Lipinski definition) is 6. The van der Waals surface area contributed by atoms with Crippen LogP contribution >= 0.6 is 11.6 Å². The SMILES string of the molecule is COc1ccc(Cl)cc1-c1noc(-c2ccc(COc3cc(C)ccc3C)o2)n1. The molecule has 0 atom stereocenters. The lowest BCUT2D eigenvalue weighted by molar-refractivity contribution is 0.268. The maximum atomic E-state index is 6.08. The minimum Gasteiger partial charge on any atom is -0.496 e. The molecule has 148 valence electrons. The Balaban J connectivity index is 1.52. The van der Waals surface area contributed by atoms with Gasteiger partial charge in [0.2, 0.25) is 5.82 Å². The zero-order valence-corrected chi connectivity index (χ0v) is 17.0. The van der Waals surface area contributed by atoms with E-state index in [0.717, 1.165) is 16.9 Å². The normalized spacial score (nSPS) is 10.9. The lowest BCUT2D eigenvalue weighted by Gasteiger charge is -2.08. The van der Waals surface area contributed by atoms with Gasteiger partial charge in [-0.1, -0.05) is 28.9 Å². The molecule has 2 aromatic heterocycles. The Kier molecular flexibility index (Phi) is 5.27. The first-order valence-corrected chi connectivity index (χ1v) is 9.38. The summed E-state index contributed by atoms with van der Waals surface area (Å²) in [6.07, 6.45) is 0. The van der Waals surface area contributed by atoms with Crippen molar-refractivity contribution in [2.45, 2.75) is 20.5 Å². The molecule has 0 saturated heterocycles. The van der Waals surface area contributed by atoms with Crippen LogP contribution in [0.15, 0.2) is 57.5 Å². The maximum absolute atomic E-state index is 6.08. The summed E-state index contributed by atoms with van der Waals surface area (Å²) in [7, 11) is 1.57. The molecule has 0 aliphatic carbocycles. The van der Waals surface area contributed by atoms with Gasteiger partial charge in [0.15, 0.2) is 5.76 Å². The van der Waals surface area contributed by atoms with Gasteiger partial charge >= 0.3 is 0 Å². The topological polar surface area (TPSA) is 70.5 Å². The van der Waals surface area contributed by atoms with Crippen molar-refractivity contribution in [3.63, 3.8) is 0 Å². The summed E-state index contributed by atoms with van der Waals surface area (Å²) >= 11 is 6.08. The Bertz CT molecular complexity index is 1150. The van der Waals surface area contributed by atoms with E-state index < -0.39 is 0 Å².